The van der Waals surface area contributed by atoms with Crippen LogP contribution < -0.4 is 5.32 Å². The molecule has 0 spiro atoms. The summed E-state index contributed by atoms with van der Waals surface area (Å²) in [4.78, 5) is 30.9. The summed E-state index contributed by atoms with van der Waals surface area (Å²) in [7, 11) is 0. The second-order valence-corrected chi connectivity index (χ2v) is 8.73. The fourth-order valence-corrected chi connectivity index (χ4v) is 4.09. The number of fused-ring (bicyclic) bond motifs is 1. The van der Waals surface area contributed by atoms with E-state index in [1.807, 2.05) is 62.5 Å². The third-order valence-corrected chi connectivity index (χ3v) is 5.78. The second kappa shape index (κ2) is 9.33. The van der Waals surface area contributed by atoms with Crippen LogP contribution >= 0.6 is 0 Å². The minimum atomic E-state index is -0.411. The summed E-state index contributed by atoms with van der Waals surface area (Å²) in [5.74, 6) is 0.917. The molecule has 0 bridgehead atoms. The van der Waals surface area contributed by atoms with Crippen molar-refractivity contribution in [2.75, 3.05) is 19.6 Å². The maximum absolute atomic E-state index is 12.4. The number of cyclic esters (lactones) is 1. The lowest BCUT2D eigenvalue weighted by molar-refractivity contribution is -0.130. The highest BCUT2D eigenvalue weighted by molar-refractivity contribution is 6.16. The summed E-state index contributed by atoms with van der Waals surface area (Å²) >= 11 is 0. The van der Waals surface area contributed by atoms with Crippen molar-refractivity contribution in [3.8, 4) is 0 Å². The summed E-state index contributed by atoms with van der Waals surface area (Å²) < 4.78 is 5.50. The molecule has 2 heterocycles. The molecular weight excluding hydrogens is 390 g/mol. The molecule has 6 nitrogen and oxygen atoms in total. The minimum absolute atomic E-state index is 0.128. The van der Waals surface area contributed by atoms with E-state index < -0.39 is 5.97 Å². The first-order chi connectivity index (χ1) is 15.0. The van der Waals surface area contributed by atoms with Crippen molar-refractivity contribution < 1.29 is 14.3 Å². The first kappa shape index (κ1) is 21.1. The van der Waals surface area contributed by atoms with Gasteiger partial charge in [0.15, 0.2) is 5.70 Å². The SMILES string of the molecule is CC(C)CC(=O)NCC1CCN(C=C2N=C(c3cccc4ccccc34)OC2=O)CC1. The average Bonchev–Trinajstić information content (AvgIpc) is 3.12. The van der Waals surface area contributed by atoms with Crippen LogP contribution in [0.5, 0.6) is 0 Å². The third-order valence-electron chi connectivity index (χ3n) is 5.78. The van der Waals surface area contributed by atoms with Gasteiger partial charge >= 0.3 is 5.97 Å². The van der Waals surface area contributed by atoms with Gasteiger partial charge in [0.1, 0.15) is 0 Å². The lowest BCUT2D eigenvalue weighted by atomic mass is 9.97. The molecule has 1 saturated heterocycles. The average molecular weight is 420 g/mol. The fraction of sp³-hybridized carbons (Fsp3) is 0.400. The van der Waals surface area contributed by atoms with Gasteiger partial charge in [-0.15, -0.1) is 0 Å². The van der Waals surface area contributed by atoms with Crippen LogP contribution in [0.1, 0.15) is 38.7 Å². The Morgan fingerprint density at radius 1 is 1.19 bits per heavy atom. The number of esters is 1. The van der Waals surface area contributed by atoms with Crippen LogP contribution in [0.4, 0.5) is 0 Å². The van der Waals surface area contributed by atoms with Crippen LogP contribution in [0, 0.1) is 11.8 Å². The zero-order valence-electron chi connectivity index (χ0n) is 18.1. The van der Waals surface area contributed by atoms with E-state index in [9.17, 15) is 9.59 Å². The van der Waals surface area contributed by atoms with Crippen LogP contribution in [0.2, 0.25) is 0 Å². The Morgan fingerprint density at radius 3 is 2.71 bits per heavy atom. The molecule has 4 rings (SSSR count). The quantitative estimate of drug-likeness (QED) is 0.570. The van der Waals surface area contributed by atoms with Gasteiger partial charge in [-0.25, -0.2) is 9.79 Å². The number of nitrogens with zero attached hydrogens (tertiary/aromatic N) is 2. The number of aliphatic imine (C=N–C) groups is 1. The molecule has 0 saturated carbocycles. The van der Waals surface area contributed by atoms with Crippen LogP contribution in [0.25, 0.3) is 10.8 Å². The summed E-state index contributed by atoms with van der Waals surface area (Å²) in [6.45, 7) is 6.49. The highest BCUT2D eigenvalue weighted by Gasteiger charge is 2.27. The zero-order chi connectivity index (χ0) is 21.8. The third kappa shape index (κ3) is 5.13. The standard InChI is InChI=1S/C25H29N3O3/c1-17(2)14-23(29)26-15-18-10-12-28(13-11-18)16-22-25(30)31-24(27-22)21-9-5-7-19-6-3-4-8-20(19)21/h3-9,16-18H,10-15H2,1-2H3,(H,26,29). The number of rotatable bonds is 6. The van der Waals surface area contributed by atoms with Gasteiger partial charge in [0, 0.05) is 37.8 Å². The van der Waals surface area contributed by atoms with E-state index in [0.717, 1.165) is 48.8 Å². The number of hydrogen-bond acceptors (Lipinski definition) is 5. The van der Waals surface area contributed by atoms with Gasteiger partial charge < -0.3 is 15.0 Å². The number of carbonyl (C=O) groups excluding carboxylic acids is 2. The molecule has 1 N–H and O–H groups in total. The monoisotopic (exact) mass is 419 g/mol. The maximum atomic E-state index is 12.4. The maximum Gasteiger partial charge on any atom is 0.365 e. The van der Waals surface area contributed by atoms with Gasteiger partial charge in [-0.3, -0.25) is 4.79 Å². The van der Waals surface area contributed by atoms with Gasteiger partial charge in [0.05, 0.1) is 0 Å². The zero-order valence-corrected chi connectivity index (χ0v) is 18.1. The number of amides is 1. The lowest BCUT2D eigenvalue weighted by Gasteiger charge is -2.31. The molecule has 1 fully saturated rings. The number of ether oxygens (including phenoxy) is 1. The molecule has 0 radical (unpaired) electrons. The molecule has 2 aliphatic heterocycles. The Balaban J connectivity index is 1.38. The van der Waals surface area contributed by atoms with Crippen molar-refractivity contribution in [2.45, 2.75) is 33.1 Å². The van der Waals surface area contributed by atoms with Gasteiger partial charge in [-0.2, -0.15) is 0 Å². The molecule has 0 aliphatic carbocycles. The second-order valence-electron chi connectivity index (χ2n) is 8.73. The van der Waals surface area contributed by atoms with E-state index in [1.165, 1.54) is 0 Å². The number of carbonyl (C=O) groups is 2. The van der Waals surface area contributed by atoms with E-state index in [2.05, 4.69) is 15.2 Å². The molecular formula is C25H29N3O3. The van der Waals surface area contributed by atoms with Crippen LogP contribution in [-0.2, 0) is 14.3 Å². The predicted molar refractivity (Wildman–Crippen MR) is 121 cm³/mol. The molecule has 2 aromatic rings. The van der Waals surface area contributed by atoms with Crippen molar-refractivity contribution in [3.05, 3.63) is 59.9 Å². The molecule has 1 amide bonds. The molecule has 2 aliphatic rings. The molecule has 162 valence electrons. The van der Waals surface area contributed by atoms with Crippen LogP contribution in [0.3, 0.4) is 0 Å². The number of nitrogens with one attached hydrogen (secondary N) is 1. The first-order valence-electron chi connectivity index (χ1n) is 11.0. The summed E-state index contributed by atoms with van der Waals surface area (Å²) in [6.07, 6.45) is 4.33. The number of piperidine rings is 1. The Kier molecular flexibility index (Phi) is 6.35. The topological polar surface area (TPSA) is 71.0 Å². The highest BCUT2D eigenvalue weighted by atomic mass is 16.6. The molecule has 0 atom stereocenters. The Hall–Kier alpha value is -3.15. The highest BCUT2D eigenvalue weighted by Crippen LogP contribution is 2.25. The van der Waals surface area contributed by atoms with Gasteiger partial charge in [-0.05, 0) is 41.5 Å². The largest absolute Gasteiger partial charge is 0.402 e. The lowest BCUT2D eigenvalue weighted by Crippen LogP contribution is -2.37. The van der Waals surface area contributed by atoms with Gasteiger partial charge in [-0.1, -0.05) is 50.2 Å². The van der Waals surface area contributed by atoms with Gasteiger partial charge in [0.2, 0.25) is 11.8 Å². The molecule has 0 unspecified atom stereocenters. The summed E-state index contributed by atoms with van der Waals surface area (Å²) in [5, 5.41) is 5.14. The fourth-order valence-electron chi connectivity index (χ4n) is 4.09. The van der Waals surface area contributed by atoms with Crippen molar-refractivity contribution in [1.29, 1.82) is 0 Å². The Bertz CT molecular complexity index is 1030. The molecule has 6 heteroatoms. The van der Waals surface area contributed by atoms with Crippen LogP contribution in [-0.4, -0.2) is 42.3 Å². The normalized spacial score (nSPS) is 18.5. The van der Waals surface area contributed by atoms with Crippen molar-refractivity contribution in [3.63, 3.8) is 0 Å². The van der Waals surface area contributed by atoms with Crippen molar-refractivity contribution in [1.82, 2.24) is 10.2 Å². The molecule has 0 aromatic heterocycles. The number of hydrogen-bond donors (Lipinski definition) is 1. The molecule has 2 aromatic carbocycles. The number of benzene rings is 2. The van der Waals surface area contributed by atoms with E-state index in [4.69, 9.17) is 4.74 Å². The summed E-state index contributed by atoms with van der Waals surface area (Å²) in [6, 6.07) is 13.9. The predicted octanol–water partition coefficient (Wildman–Crippen LogP) is 3.86. The van der Waals surface area contributed by atoms with E-state index >= 15 is 0 Å². The molecule has 31 heavy (non-hydrogen) atoms. The van der Waals surface area contributed by atoms with Crippen molar-refractivity contribution in [2.24, 2.45) is 16.8 Å². The van der Waals surface area contributed by atoms with E-state index in [-0.39, 0.29) is 5.91 Å². The number of likely N-dealkylation sites (tertiary alicyclic amines) is 1. The summed E-state index contributed by atoms with van der Waals surface area (Å²) in [5.41, 5.74) is 1.16. The minimum Gasteiger partial charge on any atom is -0.402 e. The van der Waals surface area contributed by atoms with E-state index in [0.29, 0.717) is 29.9 Å². The van der Waals surface area contributed by atoms with Crippen LogP contribution in [0.15, 0.2) is 59.4 Å². The Morgan fingerprint density at radius 2 is 1.94 bits per heavy atom. The van der Waals surface area contributed by atoms with Crippen molar-refractivity contribution >= 4 is 28.5 Å². The smallest absolute Gasteiger partial charge is 0.365 e. The van der Waals surface area contributed by atoms with E-state index in [1.54, 1.807) is 0 Å². The first-order valence-corrected chi connectivity index (χ1v) is 11.0. The van der Waals surface area contributed by atoms with Gasteiger partial charge in [0.25, 0.3) is 0 Å². The Labute approximate surface area is 183 Å².